The van der Waals surface area contributed by atoms with Crippen LogP contribution >= 0.6 is 0 Å². The van der Waals surface area contributed by atoms with Crippen molar-refractivity contribution in [1.29, 1.82) is 0 Å². The van der Waals surface area contributed by atoms with Crippen molar-refractivity contribution in [2.75, 3.05) is 13.2 Å². The monoisotopic (exact) mass is 236 g/mol. The third-order valence-electron chi connectivity index (χ3n) is 3.74. The van der Waals surface area contributed by atoms with Gasteiger partial charge in [-0.1, -0.05) is 0 Å². The summed E-state index contributed by atoms with van der Waals surface area (Å²) in [4.78, 5) is 0. The first-order valence-corrected chi connectivity index (χ1v) is 6.61. The van der Waals surface area contributed by atoms with Gasteiger partial charge in [0.15, 0.2) is 0 Å². The summed E-state index contributed by atoms with van der Waals surface area (Å²) in [7, 11) is 0. The summed E-state index contributed by atoms with van der Waals surface area (Å²) in [5, 5.41) is 12.0. The van der Waals surface area contributed by atoms with Gasteiger partial charge in [-0.25, -0.2) is 0 Å². The van der Waals surface area contributed by atoms with E-state index in [0.29, 0.717) is 12.1 Å². The van der Waals surface area contributed by atoms with E-state index in [1.807, 2.05) is 0 Å². The fourth-order valence-electron chi connectivity index (χ4n) is 2.74. The smallest absolute Gasteiger partial charge is 0.149 e. The van der Waals surface area contributed by atoms with Crippen LogP contribution in [0.1, 0.15) is 43.9 Å². The Balaban J connectivity index is 1.66. The SMILES string of the molecule is CC1NCCn2c(CCC3CCCO3)nnc21. The standard InChI is InChI=1S/C12H20N4O/c1-9-12-15-14-11(16(12)7-6-13-9)5-4-10-3-2-8-17-10/h9-10,13H,2-8H2,1H3. The fourth-order valence-corrected chi connectivity index (χ4v) is 2.74. The van der Waals surface area contributed by atoms with Crippen molar-refractivity contribution >= 4 is 0 Å². The van der Waals surface area contributed by atoms with E-state index in [2.05, 4.69) is 27.0 Å². The van der Waals surface area contributed by atoms with E-state index in [9.17, 15) is 0 Å². The van der Waals surface area contributed by atoms with Gasteiger partial charge >= 0.3 is 0 Å². The molecule has 0 aromatic carbocycles. The highest BCUT2D eigenvalue weighted by atomic mass is 16.5. The van der Waals surface area contributed by atoms with Crippen LogP contribution in [0.4, 0.5) is 0 Å². The Kier molecular flexibility index (Phi) is 3.11. The number of fused-ring (bicyclic) bond motifs is 1. The molecule has 5 heteroatoms. The maximum Gasteiger partial charge on any atom is 0.149 e. The summed E-state index contributed by atoms with van der Waals surface area (Å²) >= 11 is 0. The quantitative estimate of drug-likeness (QED) is 0.852. The molecule has 2 aliphatic heterocycles. The van der Waals surface area contributed by atoms with E-state index in [1.54, 1.807) is 0 Å². The predicted octanol–water partition coefficient (Wildman–Crippen LogP) is 1.05. The number of aromatic nitrogens is 3. The van der Waals surface area contributed by atoms with Crippen LogP contribution in [-0.4, -0.2) is 34.0 Å². The molecule has 2 atom stereocenters. The van der Waals surface area contributed by atoms with Gasteiger partial charge in [0, 0.05) is 26.1 Å². The van der Waals surface area contributed by atoms with E-state index < -0.39 is 0 Å². The van der Waals surface area contributed by atoms with Crippen LogP contribution in [0.25, 0.3) is 0 Å². The van der Waals surface area contributed by atoms with Crippen molar-refractivity contribution in [3.63, 3.8) is 0 Å². The molecule has 94 valence electrons. The molecule has 0 saturated carbocycles. The number of rotatable bonds is 3. The summed E-state index contributed by atoms with van der Waals surface area (Å²) in [6.45, 7) is 5.08. The minimum atomic E-state index is 0.327. The zero-order valence-electron chi connectivity index (χ0n) is 10.4. The van der Waals surface area contributed by atoms with Crippen molar-refractivity contribution in [1.82, 2.24) is 20.1 Å². The highest BCUT2D eigenvalue weighted by Gasteiger charge is 2.22. The Bertz CT molecular complexity index is 384. The Morgan fingerprint density at radius 2 is 2.41 bits per heavy atom. The molecule has 0 radical (unpaired) electrons. The van der Waals surface area contributed by atoms with Crippen molar-refractivity contribution in [3.8, 4) is 0 Å². The van der Waals surface area contributed by atoms with Gasteiger partial charge in [-0.2, -0.15) is 0 Å². The van der Waals surface area contributed by atoms with E-state index in [-0.39, 0.29) is 0 Å². The van der Waals surface area contributed by atoms with Crippen LogP contribution in [0.3, 0.4) is 0 Å². The molecule has 0 amide bonds. The highest BCUT2D eigenvalue weighted by Crippen LogP contribution is 2.20. The minimum Gasteiger partial charge on any atom is -0.378 e. The first kappa shape index (κ1) is 11.2. The molecule has 3 rings (SSSR count). The highest BCUT2D eigenvalue weighted by molar-refractivity contribution is 5.03. The van der Waals surface area contributed by atoms with Crippen LogP contribution in [0, 0.1) is 0 Å². The average Bonchev–Trinajstić information content (AvgIpc) is 2.95. The molecule has 2 unspecified atom stereocenters. The third kappa shape index (κ3) is 2.21. The van der Waals surface area contributed by atoms with Gasteiger partial charge in [0.2, 0.25) is 0 Å². The van der Waals surface area contributed by atoms with Crippen LogP contribution in [0.2, 0.25) is 0 Å². The molecule has 1 saturated heterocycles. The van der Waals surface area contributed by atoms with Crippen molar-refractivity contribution in [2.45, 2.75) is 51.3 Å². The van der Waals surface area contributed by atoms with Gasteiger partial charge in [0.05, 0.1) is 12.1 Å². The Hall–Kier alpha value is -0.940. The average molecular weight is 236 g/mol. The molecule has 1 aromatic rings. The van der Waals surface area contributed by atoms with Gasteiger partial charge in [-0.05, 0) is 26.2 Å². The summed E-state index contributed by atoms with van der Waals surface area (Å²) < 4.78 is 7.92. The minimum absolute atomic E-state index is 0.327. The summed E-state index contributed by atoms with van der Waals surface area (Å²) in [5.74, 6) is 2.21. The lowest BCUT2D eigenvalue weighted by atomic mass is 10.1. The molecule has 2 aliphatic rings. The summed E-state index contributed by atoms with van der Waals surface area (Å²) in [6.07, 6.45) is 4.94. The van der Waals surface area contributed by atoms with Gasteiger partial charge in [-0.3, -0.25) is 0 Å². The fraction of sp³-hybridized carbons (Fsp3) is 0.833. The summed E-state index contributed by atoms with van der Waals surface area (Å²) in [6, 6.07) is 0.327. The van der Waals surface area contributed by atoms with Crippen molar-refractivity contribution in [2.24, 2.45) is 0 Å². The van der Waals surface area contributed by atoms with Gasteiger partial charge in [0.1, 0.15) is 11.6 Å². The van der Waals surface area contributed by atoms with E-state index in [4.69, 9.17) is 4.74 Å². The van der Waals surface area contributed by atoms with Crippen LogP contribution in [0.15, 0.2) is 0 Å². The second kappa shape index (κ2) is 4.74. The zero-order valence-corrected chi connectivity index (χ0v) is 10.4. The number of hydrogen-bond donors (Lipinski definition) is 1. The predicted molar refractivity (Wildman–Crippen MR) is 63.7 cm³/mol. The summed E-state index contributed by atoms with van der Waals surface area (Å²) in [5.41, 5.74) is 0. The molecule has 17 heavy (non-hydrogen) atoms. The molecular formula is C12H20N4O. The van der Waals surface area contributed by atoms with Crippen molar-refractivity contribution in [3.05, 3.63) is 11.6 Å². The Morgan fingerprint density at radius 1 is 1.47 bits per heavy atom. The lowest BCUT2D eigenvalue weighted by molar-refractivity contribution is 0.104. The van der Waals surface area contributed by atoms with Gasteiger partial charge in [0.25, 0.3) is 0 Å². The Labute approximate surface area is 102 Å². The number of nitrogens with one attached hydrogen (secondary N) is 1. The first-order valence-electron chi connectivity index (χ1n) is 6.61. The molecule has 1 fully saturated rings. The first-order chi connectivity index (χ1) is 8.34. The molecule has 5 nitrogen and oxygen atoms in total. The van der Waals surface area contributed by atoms with E-state index in [0.717, 1.165) is 44.2 Å². The lowest BCUT2D eigenvalue weighted by Gasteiger charge is -2.22. The second-order valence-corrected chi connectivity index (χ2v) is 4.98. The maximum absolute atomic E-state index is 5.65. The second-order valence-electron chi connectivity index (χ2n) is 4.98. The molecule has 3 heterocycles. The van der Waals surface area contributed by atoms with Crippen LogP contribution in [-0.2, 0) is 17.7 Å². The maximum atomic E-state index is 5.65. The van der Waals surface area contributed by atoms with Gasteiger partial charge in [-0.15, -0.1) is 10.2 Å². The zero-order chi connectivity index (χ0) is 11.7. The van der Waals surface area contributed by atoms with Gasteiger partial charge < -0.3 is 14.6 Å². The lowest BCUT2D eigenvalue weighted by Crippen LogP contribution is -2.32. The molecule has 0 aliphatic carbocycles. The number of aryl methyl sites for hydroxylation is 1. The molecule has 0 spiro atoms. The molecule has 0 bridgehead atoms. The Morgan fingerprint density at radius 3 is 3.24 bits per heavy atom. The number of nitrogens with zero attached hydrogens (tertiary/aromatic N) is 3. The van der Waals surface area contributed by atoms with Crippen LogP contribution in [0.5, 0.6) is 0 Å². The number of hydrogen-bond acceptors (Lipinski definition) is 4. The third-order valence-corrected chi connectivity index (χ3v) is 3.74. The van der Waals surface area contributed by atoms with Crippen LogP contribution < -0.4 is 5.32 Å². The largest absolute Gasteiger partial charge is 0.378 e. The van der Waals surface area contributed by atoms with E-state index in [1.165, 1.54) is 12.8 Å². The molecule has 1 N–H and O–H groups in total. The molecular weight excluding hydrogens is 216 g/mol. The molecule has 1 aromatic heterocycles. The normalized spacial score (nSPS) is 28.3. The number of ether oxygens (including phenoxy) is 1. The van der Waals surface area contributed by atoms with E-state index >= 15 is 0 Å². The van der Waals surface area contributed by atoms with Crippen molar-refractivity contribution < 1.29 is 4.74 Å². The topological polar surface area (TPSA) is 52.0 Å².